The van der Waals surface area contributed by atoms with Crippen molar-refractivity contribution in [3.05, 3.63) is 29.8 Å². The fourth-order valence-electron chi connectivity index (χ4n) is 4.17. The summed E-state index contributed by atoms with van der Waals surface area (Å²) in [7, 11) is 0. The first-order valence-electron chi connectivity index (χ1n) is 9.24. The molecule has 1 aromatic rings. The molecule has 1 saturated carbocycles. The molecule has 26 heavy (non-hydrogen) atoms. The van der Waals surface area contributed by atoms with Crippen molar-refractivity contribution in [2.24, 2.45) is 0 Å². The second kappa shape index (κ2) is 6.95. The predicted molar refractivity (Wildman–Crippen MR) is 98.7 cm³/mol. The van der Waals surface area contributed by atoms with Crippen LogP contribution in [0.5, 0.6) is 0 Å². The number of hydrogen-bond acceptors (Lipinski definition) is 4. The van der Waals surface area contributed by atoms with Crippen LogP contribution < -0.4 is 10.6 Å². The fourth-order valence-corrected chi connectivity index (χ4v) is 5.29. The molecule has 0 aromatic heterocycles. The Balaban J connectivity index is 1.35. The standard InChI is InChI=1S/C19H23N3O3S/c23-16(20-14-8-12-26-15-6-2-1-5-13(14)15)7-11-22-17(24)19(21-18(22)25)9-3-4-10-19/h1-2,5-6,14H,3-4,7-12H2,(H,20,23)(H,21,25)/t14-/m1/s1. The molecule has 1 atom stereocenters. The molecule has 2 fully saturated rings. The number of carbonyl (C=O) groups excluding carboxylic acids is 3. The first kappa shape index (κ1) is 17.4. The van der Waals surface area contributed by atoms with Gasteiger partial charge in [-0.15, -0.1) is 11.8 Å². The molecule has 4 amide bonds. The minimum atomic E-state index is -0.701. The molecule has 4 rings (SSSR count). The number of carbonyl (C=O) groups is 3. The third-order valence-corrected chi connectivity index (χ3v) is 6.68. The van der Waals surface area contributed by atoms with Gasteiger partial charge in [-0.25, -0.2) is 4.79 Å². The summed E-state index contributed by atoms with van der Waals surface area (Å²) in [6.45, 7) is 0.140. The Hall–Kier alpha value is -2.02. The van der Waals surface area contributed by atoms with Crippen LogP contribution in [0, 0.1) is 0 Å². The summed E-state index contributed by atoms with van der Waals surface area (Å²) in [6, 6.07) is 7.76. The highest BCUT2D eigenvalue weighted by Gasteiger charge is 2.52. The number of benzene rings is 1. The first-order chi connectivity index (χ1) is 12.6. The second-order valence-corrected chi connectivity index (χ2v) is 8.36. The SMILES string of the molecule is O=C(CCN1C(=O)NC2(CCCC2)C1=O)N[C@@H]1CCSc2ccccc21. The van der Waals surface area contributed by atoms with Gasteiger partial charge in [0.1, 0.15) is 5.54 Å². The van der Waals surface area contributed by atoms with Crippen LogP contribution >= 0.6 is 11.8 Å². The van der Waals surface area contributed by atoms with Crippen LogP contribution in [0.1, 0.15) is 50.1 Å². The molecular formula is C19H23N3O3S. The maximum atomic E-state index is 12.6. The molecule has 138 valence electrons. The van der Waals surface area contributed by atoms with Gasteiger partial charge >= 0.3 is 6.03 Å². The van der Waals surface area contributed by atoms with Crippen molar-refractivity contribution in [2.45, 2.75) is 55.0 Å². The van der Waals surface area contributed by atoms with E-state index in [2.05, 4.69) is 16.7 Å². The Morgan fingerprint density at radius 1 is 1.27 bits per heavy atom. The molecule has 3 aliphatic rings. The molecule has 1 aromatic carbocycles. The summed E-state index contributed by atoms with van der Waals surface area (Å²) >= 11 is 1.81. The van der Waals surface area contributed by atoms with Crippen LogP contribution in [-0.2, 0) is 9.59 Å². The second-order valence-electron chi connectivity index (χ2n) is 7.22. The van der Waals surface area contributed by atoms with Crippen LogP contribution in [0.15, 0.2) is 29.2 Å². The largest absolute Gasteiger partial charge is 0.349 e. The van der Waals surface area contributed by atoms with Crippen molar-refractivity contribution >= 4 is 29.6 Å². The van der Waals surface area contributed by atoms with E-state index >= 15 is 0 Å². The van der Waals surface area contributed by atoms with Gasteiger partial charge in [-0.3, -0.25) is 14.5 Å². The van der Waals surface area contributed by atoms with Gasteiger partial charge in [0.05, 0.1) is 6.04 Å². The number of nitrogens with zero attached hydrogens (tertiary/aromatic N) is 1. The van der Waals surface area contributed by atoms with E-state index in [1.807, 2.05) is 30.0 Å². The Morgan fingerprint density at radius 2 is 2.04 bits per heavy atom. The quantitative estimate of drug-likeness (QED) is 0.795. The number of urea groups is 1. The lowest BCUT2D eigenvalue weighted by atomic mass is 9.98. The molecule has 2 aliphatic heterocycles. The normalized spacial score (nSPS) is 23.8. The lowest BCUT2D eigenvalue weighted by molar-refractivity contribution is -0.131. The van der Waals surface area contributed by atoms with Gasteiger partial charge in [-0.1, -0.05) is 31.0 Å². The van der Waals surface area contributed by atoms with Crippen molar-refractivity contribution in [1.82, 2.24) is 15.5 Å². The lowest BCUT2D eigenvalue weighted by Crippen LogP contribution is -2.44. The number of fused-ring (bicyclic) bond motifs is 1. The van der Waals surface area contributed by atoms with E-state index in [9.17, 15) is 14.4 Å². The van der Waals surface area contributed by atoms with Crippen LogP contribution in [0.2, 0.25) is 0 Å². The molecule has 0 radical (unpaired) electrons. The number of nitrogens with one attached hydrogen (secondary N) is 2. The van der Waals surface area contributed by atoms with E-state index in [0.29, 0.717) is 12.8 Å². The zero-order valence-corrected chi connectivity index (χ0v) is 15.4. The van der Waals surface area contributed by atoms with E-state index in [1.165, 1.54) is 9.80 Å². The van der Waals surface area contributed by atoms with Gasteiger partial charge in [0.2, 0.25) is 5.91 Å². The molecule has 0 unspecified atom stereocenters. The highest BCUT2D eigenvalue weighted by Crippen LogP contribution is 2.36. The van der Waals surface area contributed by atoms with Crippen molar-refractivity contribution in [3.8, 4) is 0 Å². The van der Waals surface area contributed by atoms with E-state index in [1.54, 1.807) is 0 Å². The van der Waals surface area contributed by atoms with Gasteiger partial charge in [0.25, 0.3) is 5.91 Å². The van der Waals surface area contributed by atoms with Gasteiger partial charge in [0.15, 0.2) is 0 Å². The maximum absolute atomic E-state index is 12.6. The molecule has 1 spiro atoms. The smallest absolute Gasteiger partial charge is 0.325 e. The molecule has 7 heteroatoms. The summed E-state index contributed by atoms with van der Waals surface area (Å²) < 4.78 is 0. The zero-order valence-electron chi connectivity index (χ0n) is 14.6. The Kier molecular flexibility index (Phi) is 4.65. The Bertz CT molecular complexity index is 745. The van der Waals surface area contributed by atoms with E-state index in [4.69, 9.17) is 0 Å². The van der Waals surface area contributed by atoms with Crippen molar-refractivity contribution in [3.63, 3.8) is 0 Å². The minimum absolute atomic E-state index is 0.00392. The van der Waals surface area contributed by atoms with Gasteiger partial charge in [0, 0.05) is 23.6 Å². The van der Waals surface area contributed by atoms with Gasteiger partial charge < -0.3 is 10.6 Å². The third-order valence-electron chi connectivity index (χ3n) is 5.56. The number of thioether (sulfide) groups is 1. The van der Waals surface area contributed by atoms with Crippen LogP contribution in [0.4, 0.5) is 4.79 Å². The number of imide groups is 1. The molecule has 1 aliphatic carbocycles. The topological polar surface area (TPSA) is 78.5 Å². The minimum Gasteiger partial charge on any atom is -0.349 e. The fraction of sp³-hybridized carbons (Fsp3) is 0.526. The summed E-state index contributed by atoms with van der Waals surface area (Å²) in [5.41, 5.74) is 0.449. The highest BCUT2D eigenvalue weighted by atomic mass is 32.2. The Morgan fingerprint density at radius 3 is 2.85 bits per heavy atom. The predicted octanol–water partition coefficient (Wildman–Crippen LogP) is 2.59. The summed E-state index contributed by atoms with van der Waals surface area (Å²) in [6.07, 6.45) is 4.35. The average Bonchev–Trinajstić information content (AvgIpc) is 3.20. The summed E-state index contributed by atoms with van der Waals surface area (Å²) in [5, 5.41) is 5.92. The zero-order chi connectivity index (χ0) is 18.1. The molecule has 6 nitrogen and oxygen atoms in total. The van der Waals surface area contributed by atoms with E-state index in [0.717, 1.165) is 30.6 Å². The van der Waals surface area contributed by atoms with Crippen molar-refractivity contribution in [2.75, 3.05) is 12.3 Å². The Labute approximate surface area is 157 Å². The number of hydrogen-bond donors (Lipinski definition) is 2. The van der Waals surface area contributed by atoms with E-state index < -0.39 is 5.54 Å². The van der Waals surface area contributed by atoms with Crippen LogP contribution in [-0.4, -0.2) is 40.6 Å². The monoisotopic (exact) mass is 373 g/mol. The van der Waals surface area contributed by atoms with E-state index in [-0.39, 0.29) is 36.9 Å². The number of amides is 4. The van der Waals surface area contributed by atoms with Crippen molar-refractivity contribution in [1.29, 1.82) is 0 Å². The summed E-state index contributed by atoms with van der Waals surface area (Å²) in [4.78, 5) is 39.6. The molecular weight excluding hydrogens is 350 g/mol. The third kappa shape index (κ3) is 3.09. The molecule has 2 N–H and O–H groups in total. The molecule has 1 saturated heterocycles. The molecule has 0 bridgehead atoms. The highest BCUT2D eigenvalue weighted by molar-refractivity contribution is 7.99. The van der Waals surface area contributed by atoms with Crippen molar-refractivity contribution < 1.29 is 14.4 Å². The first-order valence-corrected chi connectivity index (χ1v) is 10.2. The van der Waals surface area contributed by atoms with Gasteiger partial charge in [-0.2, -0.15) is 0 Å². The average molecular weight is 373 g/mol. The van der Waals surface area contributed by atoms with Crippen LogP contribution in [0.3, 0.4) is 0 Å². The summed E-state index contributed by atoms with van der Waals surface area (Å²) in [5.74, 6) is 0.689. The maximum Gasteiger partial charge on any atom is 0.325 e. The van der Waals surface area contributed by atoms with Gasteiger partial charge in [-0.05, 0) is 30.9 Å². The van der Waals surface area contributed by atoms with Crippen LogP contribution in [0.25, 0.3) is 0 Å². The lowest BCUT2D eigenvalue weighted by Gasteiger charge is -2.26. The number of rotatable bonds is 4. The molecule has 2 heterocycles.